The number of hydrogen-bond donors (Lipinski definition) is 2. The molecule has 0 atom stereocenters. The molecule has 6 heteroatoms. The van der Waals surface area contributed by atoms with E-state index in [9.17, 15) is 14.0 Å². The Morgan fingerprint density at radius 3 is 2.85 bits per heavy atom. The molecule has 0 aliphatic carbocycles. The Morgan fingerprint density at radius 2 is 2.10 bits per heavy atom. The SMILES string of the molecule is O=C(O)CCCNC(=O)c1cnc2cc(F)ccc2c1. The van der Waals surface area contributed by atoms with Crippen molar-refractivity contribution in [3.8, 4) is 0 Å². The number of rotatable bonds is 5. The van der Waals surface area contributed by atoms with Crippen LogP contribution in [-0.4, -0.2) is 28.5 Å². The van der Waals surface area contributed by atoms with Gasteiger partial charge in [0.1, 0.15) is 5.82 Å². The summed E-state index contributed by atoms with van der Waals surface area (Å²) >= 11 is 0. The van der Waals surface area contributed by atoms with E-state index >= 15 is 0 Å². The number of benzene rings is 1. The molecule has 2 N–H and O–H groups in total. The maximum atomic E-state index is 13.0. The summed E-state index contributed by atoms with van der Waals surface area (Å²) in [5.74, 6) is -1.60. The van der Waals surface area contributed by atoms with Gasteiger partial charge in [0.05, 0.1) is 11.1 Å². The maximum absolute atomic E-state index is 13.0. The predicted molar refractivity (Wildman–Crippen MR) is 70.9 cm³/mol. The van der Waals surface area contributed by atoms with Crippen molar-refractivity contribution in [2.24, 2.45) is 0 Å². The Morgan fingerprint density at radius 1 is 1.30 bits per heavy atom. The minimum Gasteiger partial charge on any atom is -0.481 e. The summed E-state index contributed by atoms with van der Waals surface area (Å²) in [6, 6.07) is 5.77. The van der Waals surface area contributed by atoms with Gasteiger partial charge in [-0.1, -0.05) is 0 Å². The van der Waals surface area contributed by atoms with Crippen molar-refractivity contribution in [3.05, 3.63) is 41.8 Å². The lowest BCUT2D eigenvalue weighted by atomic mass is 10.1. The number of aliphatic carboxylic acids is 1. The number of aromatic nitrogens is 1. The summed E-state index contributed by atoms with van der Waals surface area (Å²) in [6.45, 7) is 0.284. The number of nitrogens with one attached hydrogen (secondary N) is 1. The molecular weight excluding hydrogens is 263 g/mol. The highest BCUT2D eigenvalue weighted by Crippen LogP contribution is 2.14. The summed E-state index contributed by atoms with van der Waals surface area (Å²) in [5.41, 5.74) is 0.840. The number of pyridine rings is 1. The number of fused-ring (bicyclic) bond motifs is 1. The Bertz CT molecular complexity index is 658. The van der Waals surface area contributed by atoms with Crippen LogP contribution in [0.4, 0.5) is 4.39 Å². The van der Waals surface area contributed by atoms with Gasteiger partial charge in [-0.25, -0.2) is 4.39 Å². The van der Waals surface area contributed by atoms with Gasteiger partial charge in [0.2, 0.25) is 0 Å². The van der Waals surface area contributed by atoms with Crippen LogP contribution in [0.3, 0.4) is 0 Å². The average Bonchev–Trinajstić information content (AvgIpc) is 2.42. The van der Waals surface area contributed by atoms with Crippen molar-refractivity contribution in [3.63, 3.8) is 0 Å². The third-order valence-corrected chi connectivity index (χ3v) is 2.76. The van der Waals surface area contributed by atoms with Crippen molar-refractivity contribution < 1.29 is 19.1 Å². The van der Waals surface area contributed by atoms with Crippen LogP contribution in [-0.2, 0) is 4.79 Å². The van der Waals surface area contributed by atoms with Gasteiger partial charge in [-0.15, -0.1) is 0 Å². The summed E-state index contributed by atoms with van der Waals surface area (Å²) in [4.78, 5) is 26.2. The molecule has 1 heterocycles. The van der Waals surface area contributed by atoms with E-state index in [1.54, 1.807) is 12.1 Å². The number of carboxylic acids is 1. The predicted octanol–water partition coefficient (Wildman–Crippen LogP) is 1.97. The molecule has 1 aromatic heterocycles. The van der Waals surface area contributed by atoms with Crippen LogP contribution in [0.1, 0.15) is 23.2 Å². The van der Waals surface area contributed by atoms with Crippen LogP contribution >= 0.6 is 0 Å². The van der Waals surface area contributed by atoms with E-state index in [1.807, 2.05) is 0 Å². The number of halogens is 1. The fourth-order valence-electron chi connectivity index (χ4n) is 1.76. The van der Waals surface area contributed by atoms with Gasteiger partial charge >= 0.3 is 5.97 Å². The van der Waals surface area contributed by atoms with Crippen LogP contribution in [0.15, 0.2) is 30.5 Å². The minimum absolute atomic E-state index is 0.00945. The molecule has 0 aliphatic heterocycles. The Kier molecular flexibility index (Phi) is 4.24. The first kappa shape index (κ1) is 13.9. The fourth-order valence-corrected chi connectivity index (χ4v) is 1.76. The normalized spacial score (nSPS) is 10.4. The first-order valence-corrected chi connectivity index (χ1v) is 6.11. The van der Waals surface area contributed by atoms with Gasteiger partial charge in [-0.2, -0.15) is 0 Å². The van der Waals surface area contributed by atoms with Gasteiger partial charge in [0.15, 0.2) is 0 Å². The molecule has 0 saturated heterocycles. The molecule has 1 aromatic carbocycles. The van der Waals surface area contributed by atoms with Gasteiger partial charge in [-0.3, -0.25) is 14.6 Å². The van der Waals surface area contributed by atoms with Crippen molar-refractivity contribution in [2.45, 2.75) is 12.8 Å². The summed E-state index contributed by atoms with van der Waals surface area (Å²) in [6.07, 6.45) is 1.75. The first-order valence-electron chi connectivity index (χ1n) is 6.11. The average molecular weight is 276 g/mol. The molecule has 0 bridgehead atoms. The quantitative estimate of drug-likeness (QED) is 0.818. The lowest BCUT2D eigenvalue weighted by Gasteiger charge is -2.05. The number of carboxylic acid groups (broad SMARTS) is 1. The third kappa shape index (κ3) is 3.50. The molecule has 0 fully saturated rings. The van der Waals surface area contributed by atoms with Crippen molar-refractivity contribution >= 4 is 22.8 Å². The molecule has 104 valence electrons. The molecular formula is C14H13FN2O3. The Balaban J connectivity index is 2.03. The fraction of sp³-hybridized carbons (Fsp3) is 0.214. The van der Waals surface area contributed by atoms with E-state index in [-0.39, 0.29) is 24.7 Å². The Labute approximate surface area is 114 Å². The highest BCUT2D eigenvalue weighted by molar-refractivity contribution is 5.97. The number of amides is 1. The standard InChI is InChI=1S/C14H13FN2O3/c15-11-4-3-9-6-10(8-17-12(9)7-11)14(20)16-5-1-2-13(18)19/h3-4,6-8H,1-2,5H2,(H,16,20)(H,18,19). The highest BCUT2D eigenvalue weighted by Gasteiger charge is 2.07. The van der Waals surface area contributed by atoms with Crippen LogP contribution < -0.4 is 5.32 Å². The second kappa shape index (κ2) is 6.10. The third-order valence-electron chi connectivity index (χ3n) is 2.76. The number of carbonyl (C=O) groups is 2. The molecule has 1 amide bonds. The molecule has 2 rings (SSSR count). The first-order chi connectivity index (χ1) is 9.56. The molecule has 5 nitrogen and oxygen atoms in total. The molecule has 2 aromatic rings. The second-order valence-electron chi connectivity index (χ2n) is 4.31. The second-order valence-corrected chi connectivity index (χ2v) is 4.31. The van der Waals surface area contributed by atoms with Crippen LogP contribution in [0.25, 0.3) is 10.9 Å². The molecule has 0 spiro atoms. The number of hydrogen-bond acceptors (Lipinski definition) is 3. The van der Waals surface area contributed by atoms with Crippen molar-refractivity contribution in [2.75, 3.05) is 6.54 Å². The summed E-state index contributed by atoms with van der Waals surface area (Å²) in [5, 5.41) is 11.8. The van der Waals surface area contributed by atoms with Crippen LogP contribution in [0, 0.1) is 5.82 Å². The van der Waals surface area contributed by atoms with E-state index in [0.29, 0.717) is 22.9 Å². The van der Waals surface area contributed by atoms with E-state index in [1.165, 1.54) is 18.3 Å². The van der Waals surface area contributed by atoms with E-state index in [0.717, 1.165) is 0 Å². The summed E-state index contributed by atoms with van der Waals surface area (Å²) < 4.78 is 13.0. The van der Waals surface area contributed by atoms with Gasteiger partial charge in [-0.05, 0) is 24.6 Å². The smallest absolute Gasteiger partial charge is 0.303 e. The van der Waals surface area contributed by atoms with E-state index < -0.39 is 5.97 Å². The maximum Gasteiger partial charge on any atom is 0.303 e. The van der Waals surface area contributed by atoms with E-state index in [4.69, 9.17) is 5.11 Å². The number of carbonyl (C=O) groups excluding carboxylic acids is 1. The zero-order chi connectivity index (χ0) is 14.5. The van der Waals surface area contributed by atoms with E-state index in [2.05, 4.69) is 10.3 Å². The van der Waals surface area contributed by atoms with Crippen LogP contribution in [0.2, 0.25) is 0 Å². The van der Waals surface area contributed by atoms with Crippen molar-refractivity contribution in [1.82, 2.24) is 10.3 Å². The lowest BCUT2D eigenvalue weighted by Crippen LogP contribution is -2.25. The topological polar surface area (TPSA) is 79.3 Å². The number of nitrogens with zero attached hydrogens (tertiary/aromatic N) is 1. The molecule has 0 saturated carbocycles. The lowest BCUT2D eigenvalue weighted by molar-refractivity contribution is -0.137. The monoisotopic (exact) mass is 276 g/mol. The van der Waals surface area contributed by atoms with Gasteiger partial charge in [0.25, 0.3) is 5.91 Å². The van der Waals surface area contributed by atoms with Crippen molar-refractivity contribution in [1.29, 1.82) is 0 Å². The zero-order valence-electron chi connectivity index (χ0n) is 10.6. The highest BCUT2D eigenvalue weighted by atomic mass is 19.1. The molecule has 20 heavy (non-hydrogen) atoms. The van der Waals surface area contributed by atoms with Crippen LogP contribution in [0.5, 0.6) is 0 Å². The molecule has 0 aliphatic rings. The largest absolute Gasteiger partial charge is 0.481 e. The van der Waals surface area contributed by atoms with Gasteiger partial charge in [0, 0.05) is 30.6 Å². The molecule has 0 radical (unpaired) electrons. The minimum atomic E-state index is -0.895. The summed E-state index contributed by atoms with van der Waals surface area (Å²) in [7, 11) is 0. The Hall–Kier alpha value is -2.50. The van der Waals surface area contributed by atoms with Gasteiger partial charge < -0.3 is 10.4 Å². The zero-order valence-corrected chi connectivity index (χ0v) is 10.6. The molecule has 0 unspecified atom stereocenters.